The van der Waals surface area contributed by atoms with Crippen LogP contribution >= 0.6 is 0 Å². The maximum Gasteiger partial charge on any atom is 0.309 e. The maximum atomic E-state index is 12.2. The number of aryl methyl sites for hydroxylation is 1. The number of benzene rings is 1. The molecule has 2 amide bonds. The van der Waals surface area contributed by atoms with E-state index in [0.717, 1.165) is 31.2 Å². The van der Waals surface area contributed by atoms with Crippen molar-refractivity contribution in [1.29, 1.82) is 0 Å². The van der Waals surface area contributed by atoms with Crippen LogP contribution < -0.4 is 10.6 Å². The summed E-state index contributed by atoms with van der Waals surface area (Å²) in [5.74, 6) is -1.02. The molecular weight excluding hydrogens is 324 g/mol. The second-order valence-corrected chi connectivity index (χ2v) is 7.60. The predicted molar refractivity (Wildman–Crippen MR) is 106 cm³/mol. The smallest absolute Gasteiger partial charge is 0.309 e. The molecule has 4 heteroatoms. The number of rotatable bonds is 3. The van der Waals surface area contributed by atoms with E-state index in [1.165, 1.54) is 50.5 Å². The Labute approximate surface area is 158 Å². The molecule has 0 radical (unpaired) electrons. The molecule has 0 unspecified atom stereocenters. The van der Waals surface area contributed by atoms with Gasteiger partial charge >= 0.3 is 11.8 Å². The number of amides is 2. The summed E-state index contributed by atoms with van der Waals surface area (Å²) in [6, 6.07) is 8.09. The molecule has 1 aromatic carbocycles. The van der Waals surface area contributed by atoms with E-state index in [9.17, 15) is 9.59 Å². The van der Waals surface area contributed by atoms with Crippen molar-refractivity contribution < 1.29 is 9.59 Å². The quantitative estimate of drug-likeness (QED) is 0.787. The van der Waals surface area contributed by atoms with Crippen molar-refractivity contribution in [2.24, 2.45) is 0 Å². The van der Waals surface area contributed by atoms with Crippen molar-refractivity contribution in [2.45, 2.75) is 90.1 Å². The van der Waals surface area contributed by atoms with E-state index < -0.39 is 11.8 Å². The molecule has 0 aliphatic heterocycles. The van der Waals surface area contributed by atoms with E-state index >= 15 is 0 Å². The van der Waals surface area contributed by atoms with Gasteiger partial charge in [0.1, 0.15) is 0 Å². The lowest BCUT2D eigenvalue weighted by atomic mass is 9.98. The second kappa shape index (κ2) is 11.7. The van der Waals surface area contributed by atoms with Crippen LogP contribution in [0.25, 0.3) is 0 Å². The van der Waals surface area contributed by atoms with Crippen molar-refractivity contribution in [3.63, 3.8) is 0 Å². The Morgan fingerprint density at radius 2 is 1.31 bits per heavy atom. The van der Waals surface area contributed by atoms with Gasteiger partial charge in [0.05, 0.1) is 0 Å². The van der Waals surface area contributed by atoms with Gasteiger partial charge in [0.25, 0.3) is 0 Å². The molecule has 0 aromatic heterocycles. The minimum atomic E-state index is -0.531. The van der Waals surface area contributed by atoms with Gasteiger partial charge < -0.3 is 10.6 Å². The molecule has 0 atom stereocenters. The molecular formula is C22H34N2O2. The fraction of sp³-hybridized carbons (Fsp3) is 0.636. The highest BCUT2D eigenvalue weighted by molar-refractivity contribution is 6.35. The van der Waals surface area contributed by atoms with Crippen LogP contribution in [-0.4, -0.2) is 17.9 Å². The average Bonchev–Trinajstić information content (AvgIpc) is 2.63. The van der Waals surface area contributed by atoms with Gasteiger partial charge in [0, 0.05) is 12.6 Å². The first-order valence-corrected chi connectivity index (χ1v) is 10.3. The van der Waals surface area contributed by atoms with E-state index in [1.807, 2.05) is 31.2 Å². The van der Waals surface area contributed by atoms with Gasteiger partial charge in [-0.15, -0.1) is 0 Å². The Bertz CT molecular complexity index is 542. The summed E-state index contributed by atoms with van der Waals surface area (Å²) in [5.41, 5.74) is 2.18. The zero-order valence-electron chi connectivity index (χ0n) is 16.2. The number of nitrogens with one attached hydrogen (secondary N) is 2. The molecule has 2 rings (SSSR count). The average molecular weight is 359 g/mol. The van der Waals surface area contributed by atoms with Gasteiger partial charge in [-0.1, -0.05) is 87.6 Å². The molecule has 26 heavy (non-hydrogen) atoms. The standard InChI is InChI=1S/C22H34N2O2/c1-18-13-15-19(16-14-18)17-23-21(25)22(26)24-20-11-9-7-5-3-2-4-6-8-10-12-20/h13-16,20H,2-12,17H2,1H3,(H,23,25)(H,24,26). The van der Waals surface area contributed by atoms with E-state index in [1.54, 1.807) is 0 Å². The molecule has 4 nitrogen and oxygen atoms in total. The summed E-state index contributed by atoms with van der Waals surface area (Å²) in [4.78, 5) is 24.3. The molecule has 0 bridgehead atoms. The third-order valence-corrected chi connectivity index (χ3v) is 5.22. The Hall–Kier alpha value is -1.84. The van der Waals surface area contributed by atoms with Crippen molar-refractivity contribution in [3.8, 4) is 0 Å². The molecule has 2 N–H and O–H groups in total. The largest absolute Gasteiger partial charge is 0.345 e. The molecule has 1 fully saturated rings. The van der Waals surface area contributed by atoms with Crippen LogP contribution in [0.2, 0.25) is 0 Å². The third kappa shape index (κ3) is 8.03. The molecule has 1 saturated carbocycles. The lowest BCUT2D eigenvalue weighted by Crippen LogP contribution is -2.44. The normalized spacial score (nSPS) is 17.6. The fourth-order valence-electron chi connectivity index (χ4n) is 3.53. The fourth-order valence-corrected chi connectivity index (χ4v) is 3.53. The third-order valence-electron chi connectivity index (χ3n) is 5.22. The molecule has 1 aliphatic carbocycles. The zero-order valence-corrected chi connectivity index (χ0v) is 16.2. The Balaban J connectivity index is 1.76. The number of carbonyl (C=O) groups excluding carboxylic acids is 2. The Morgan fingerprint density at radius 3 is 1.85 bits per heavy atom. The van der Waals surface area contributed by atoms with Gasteiger partial charge in [-0.2, -0.15) is 0 Å². The highest BCUT2D eigenvalue weighted by Gasteiger charge is 2.18. The van der Waals surface area contributed by atoms with Gasteiger partial charge in [0.2, 0.25) is 0 Å². The van der Waals surface area contributed by atoms with Crippen molar-refractivity contribution in [3.05, 3.63) is 35.4 Å². The number of hydrogen-bond donors (Lipinski definition) is 2. The number of hydrogen-bond acceptors (Lipinski definition) is 2. The van der Waals surface area contributed by atoms with Crippen molar-refractivity contribution in [1.82, 2.24) is 10.6 Å². The first-order valence-electron chi connectivity index (χ1n) is 10.3. The van der Waals surface area contributed by atoms with Crippen LogP contribution in [0.5, 0.6) is 0 Å². The molecule has 0 heterocycles. The second-order valence-electron chi connectivity index (χ2n) is 7.60. The monoisotopic (exact) mass is 358 g/mol. The van der Waals surface area contributed by atoms with E-state index in [4.69, 9.17) is 0 Å². The molecule has 144 valence electrons. The lowest BCUT2D eigenvalue weighted by Gasteiger charge is -2.19. The molecule has 1 aromatic rings. The molecule has 1 aliphatic rings. The molecule has 0 spiro atoms. The van der Waals surface area contributed by atoms with Gasteiger partial charge in [0.15, 0.2) is 0 Å². The Morgan fingerprint density at radius 1 is 0.808 bits per heavy atom. The summed E-state index contributed by atoms with van der Waals surface area (Å²) in [7, 11) is 0. The van der Waals surface area contributed by atoms with E-state index in [0.29, 0.717) is 6.54 Å². The minimum absolute atomic E-state index is 0.132. The zero-order chi connectivity index (χ0) is 18.6. The van der Waals surface area contributed by atoms with Gasteiger partial charge in [-0.3, -0.25) is 9.59 Å². The first kappa shape index (κ1) is 20.5. The Kier molecular flexibility index (Phi) is 9.22. The van der Waals surface area contributed by atoms with E-state index in [-0.39, 0.29) is 6.04 Å². The predicted octanol–water partition coefficient (Wildman–Crippen LogP) is 4.40. The number of carbonyl (C=O) groups is 2. The highest BCUT2D eigenvalue weighted by atomic mass is 16.2. The van der Waals surface area contributed by atoms with Crippen LogP contribution in [0.3, 0.4) is 0 Å². The summed E-state index contributed by atoms with van der Waals surface area (Å²) in [6.07, 6.45) is 13.3. The van der Waals surface area contributed by atoms with Crippen molar-refractivity contribution in [2.75, 3.05) is 0 Å². The topological polar surface area (TPSA) is 58.2 Å². The van der Waals surface area contributed by atoms with Crippen LogP contribution in [0.1, 0.15) is 81.8 Å². The first-order chi connectivity index (χ1) is 12.6. The summed E-state index contributed by atoms with van der Waals surface area (Å²) >= 11 is 0. The van der Waals surface area contributed by atoms with Crippen molar-refractivity contribution >= 4 is 11.8 Å². The molecule has 0 saturated heterocycles. The van der Waals surface area contributed by atoms with Crippen LogP contribution in [-0.2, 0) is 16.1 Å². The summed E-state index contributed by atoms with van der Waals surface area (Å²) in [6.45, 7) is 2.41. The highest BCUT2D eigenvalue weighted by Crippen LogP contribution is 2.17. The van der Waals surface area contributed by atoms with Gasteiger partial charge in [-0.05, 0) is 25.3 Å². The van der Waals surface area contributed by atoms with Crippen LogP contribution in [0, 0.1) is 6.92 Å². The lowest BCUT2D eigenvalue weighted by molar-refractivity contribution is -0.139. The SMILES string of the molecule is Cc1ccc(CNC(=O)C(=O)NC2CCCCCCCCCCC2)cc1. The van der Waals surface area contributed by atoms with Crippen LogP contribution in [0.4, 0.5) is 0 Å². The summed E-state index contributed by atoms with van der Waals surface area (Å²) in [5, 5.41) is 5.69. The van der Waals surface area contributed by atoms with Crippen LogP contribution in [0.15, 0.2) is 24.3 Å². The summed E-state index contributed by atoms with van der Waals surface area (Å²) < 4.78 is 0. The maximum absolute atomic E-state index is 12.2. The minimum Gasteiger partial charge on any atom is -0.345 e. The van der Waals surface area contributed by atoms with Gasteiger partial charge in [-0.25, -0.2) is 0 Å². The van der Waals surface area contributed by atoms with E-state index in [2.05, 4.69) is 10.6 Å².